The van der Waals surface area contributed by atoms with E-state index in [9.17, 15) is 19.0 Å². The van der Waals surface area contributed by atoms with Gasteiger partial charge in [0, 0.05) is 12.5 Å². The number of allylic oxidation sites excluding steroid dienone is 3. The summed E-state index contributed by atoms with van der Waals surface area (Å²) in [6, 6.07) is 0. The maximum atomic E-state index is 12.4. The highest BCUT2D eigenvalue weighted by Gasteiger charge is 2.21. The number of carbonyl (C=O) groups excluding carboxylic acids is 2. The molecule has 0 aromatic heterocycles. The minimum absolute atomic E-state index is 0.0421. The second kappa shape index (κ2) is 29.6. The summed E-state index contributed by atoms with van der Waals surface area (Å²) in [7, 11) is 1.12. The van der Waals surface area contributed by atoms with Crippen molar-refractivity contribution in [1.29, 1.82) is 0 Å². The van der Waals surface area contributed by atoms with Gasteiger partial charge in [-0.05, 0) is 19.3 Å². The van der Waals surface area contributed by atoms with Crippen molar-refractivity contribution in [2.75, 3.05) is 47.5 Å². The van der Waals surface area contributed by atoms with Gasteiger partial charge in [0.15, 0.2) is 6.10 Å². The first kappa shape index (κ1) is 44.5. The standard InChI is InChI=1S/C36H68NO8P/c1-6-8-10-12-14-15-16-17-18-19-20-21-23-24-26-28-35(38)42-32-34(33-44-46(40,41)43-31-30-37(3,4)5)45-36(39)29-27-25-22-13-11-9-7-2/h23-24,26,28,34H,6-22,25,27,29-33H2,1-5H3/b24-23+,28-26+/t34-/m0/s1. The summed E-state index contributed by atoms with van der Waals surface area (Å²) in [5, 5.41) is 0. The summed E-state index contributed by atoms with van der Waals surface area (Å²) in [5.41, 5.74) is 0. The first-order chi connectivity index (χ1) is 22.0. The Morgan fingerprint density at radius 1 is 0.717 bits per heavy atom. The summed E-state index contributed by atoms with van der Waals surface area (Å²) < 4.78 is 33.4. The Labute approximate surface area is 281 Å². The Bertz CT molecular complexity index is 855. The van der Waals surface area contributed by atoms with Gasteiger partial charge in [0.05, 0.1) is 27.7 Å². The number of unbranched alkanes of at least 4 members (excludes halogenated alkanes) is 17. The van der Waals surface area contributed by atoms with Crippen LogP contribution in [0.15, 0.2) is 24.3 Å². The zero-order valence-electron chi connectivity index (χ0n) is 30.0. The quantitative estimate of drug-likeness (QED) is 0.0174. The van der Waals surface area contributed by atoms with E-state index < -0.39 is 32.5 Å². The van der Waals surface area contributed by atoms with Gasteiger partial charge in [-0.2, -0.15) is 0 Å². The SMILES string of the molecule is CCCCCCCCCCCCC/C=C/C=C/C(=O)OC[C@@H](COP(=O)([O-])OCC[N+](C)(C)C)OC(=O)CCCCCCCCC. The number of esters is 2. The maximum absolute atomic E-state index is 12.4. The van der Waals surface area contributed by atoms with E-state index in [1.165, 1.54) is 89.5 Å². The van der Waals surface area contributed by atoms with Crippen LogP contribution in [0, 0.1) is 0 Å². The molecule has 46 heavy (non-hydrogen) atoms. The van der Waals surface area contributed by atoms with Crippen molar-refractivity contribution >= 4 is 19.8 Å². The number of carbonyl (C=O) groups is 2. The minimum atomic E-state index is -4.62. The molecule has 0 radical (unpaired) electrons. The highest BCUT2D eigenvalue weighted by molar-refractivity contribution is 7.45. The molecule has 0 rings (SSSR count). The summed E-state index contributed by atoms with van der Waals surface area (Å²) >= 11 is 0. The summed E-state index contributed by atoms with van der Waals surface area (Å²) in [5.74, 6) is -1.09. The van der Waals surface area contributed by atoms with Crippen LogP contribution in [0.5, 0.6) is 0 Å². The van der Waals surface area contributed by atoms with Gasteiger partial charge in [-0.3, -0.25) is 9.36 Å². The molecule has 0 fully saturated rings. The molecule has 0 spiro atoms. The molecule has 9 nitrogen and oxygen atoms in total. The number of hydrogen-bond donors (Lipinski definition) is 0. The second-order valence-corrected chi connectivity index (χ2v) is 14.7. The molecule has 0 aliphatic heterocycles. The van der Waals surface area contributed by atoms with Crippen molar-refractivity contribution in [3.63, 3.8) is 0 Å². The Morgan fingerprint density at radius 2 is 1.24 bits per heavy atom. The van der Waals surface area contributed by atoms with Crippen LogP contribution in [0.1, 0.15) is 142 Å². The van der Waals surface area contributed by atoms with E-state index in [-0.39, 0.29) is 19.6 Å². The second-order valence-electron chi connectivity index (χ2n) is 13.3. The molecule has 0 saturated carbocycles. The predicted octanol–water partition coefficient (Wildman–Crippen LogP) is 8.60. The third kappa shape index (κ3) is 32.4. The molecule has 0 aromatic carbocycles. The van der Waals surface area contributed by atoms with Gasteiger partial charge in [0.1, 0.15) is 19.8 Å². The van der Waals surface area contributed by atoms with Gasteiger partial charge in [-0.25, -0.2) is 4.79 Å². The lowest BCUT2D eigenvalue weighted by atomic mass is 10.1. The number of hydrogen-bond acceptors (Lipinski definition) is 8. The molecule has 0 heterocycles. The largest absolute Gasteiger partial charge is 0.756 e. The maximum Gasteiger partial charge on any atom is 0.330 e. The van der Waals surface area contributed by atoms with Crippen molar-refractivity contribution in [3.05, 3.63) is 24.3 Å². The number of nitrogens with zero attached hydrogens (tertiary/aromatic N) is 1. The molecule has 0 saturated heterocycles. The predicted molar refractivity (Wildman–Crippen MR) is 185 cm³/mol. The summed E-state index contributed by atoms with van der Waals surface area (Å²) in [6.07, 6.45) is 28.6. The van der Waals surface area contributed by atoms with E-state index in [4.69, 9.17) is 18.5 Å². The van der Waals surface area contributed by atoms with Gasteiger partial charge >= 0.3 is 11.9 Å². The summed E-state index contributed by atoms with van der Waals surface area (Å²) in [6.45, 7) is 4.02. The van der Waals surface area contributed by atoms with Crippen LogP contribution < -0.4 is 4.89 Å². The Balaban J connectivity index is 4.50. The smallest absolute Gasteiger partial charge is 0.330 e. The van der Waals surface area contributed by atoms with Crippen LogP contribution in [0.3, 0.4) is 0 Å². The number of likely N-dealkylation sites (N-methyl/N-ethyl adjacent to an activating group) is 1. The zero-order chi connectivity index (χ0) is 34.4. The summed E-state index contributed by atoms with van der Waals surface area (Å²) in [4.78, 5) is 36.9. The monoisotopic (exact) mass is 673 g/mol. The number of phosphoric acid groups is 1. The van der Waals surface area contributed by atoms with E-state index in [0.29, 0.717) is 17.4 Å². The topological polar surface area (TPSA) is 111 Å². The normalized spacial score (nSPS) is 14.1. The number of ether oxygens (including phenoxy) is 2. The number of rotatable bonds is 32. The Kier molecular flexibility index (Phi) is 28.6. The Morgan fingerprint density at radius 3 is 1.78 bits per heavy atom. The van der Waals surface area contributed by atoms with E-state index in [1.54, 1.807) is 6.08 Å². The molecule has 10 heteroatoms. The zero-order valence-corrected chi connectivity index (χ0v) is 30.9. The van der Waals surface area contributed by atoms with Crippen LogP contribution >= 0.6 is 7.82 Å². The first-order valence-electron chi connectivity index (χ1n) is 18.1. The van der Waals surface area contributed by atoms with Crippen molar-refractivity contribution in [3.8, 4) is 0 Å². The van der Waals surface area contributed by atoms with Crippen molar-refractivity contribution in [2.45, 2.75) is 148 Å². The lowest BCUT2D eigenvalue weighted by Gasteiger charge is -2.28. The molecule has 0 aliphatic carbocycles. The third-order valence-corrected chi connectivity index (χ3v) is 8.54. The fraction of sp³-hybridized carbons (Fsp3) is 0.833. The van der Waals surface area contributed by atoms with E-state index in [0.717, 1.165) is 32.1 Å². The van der Waals surface area contributed by atoms with E-state index in [2.05, 4.69) is 13.8 Å². The van der Waals surface area contributed by atoms with E-state index >= 15 is 0 Å². The van der Waals surface area contributed by atoms with Crippen LogP contribution in [-0.4, -0.2) is 70.0 Å². The number of quaternary nitrogens is 1. The van der Waals surface area contributed by atoms with Crippen molar-refractivity contribution in [2.24, 2.45) is 0 Å². The Hall–Kier alpha value is -1.51. The minimum Gasteiger partial charge on any atom is -0.756 e. The average molecular weight is 674 g/mol. The van der Waals surface area contributed by atoms with Gasteiger partial charge in [0.25, 0.3) is 7.82 Å². The number of phosphoric ester groups is 1. The highest BCUT2D eigenvalue weighted by Crippen LogP contribution is 2.38. The first-order valence-corrected chi connectivity index (χ1v) is 19.5. The molecular formula is C36H68NO8P. The lowest BCUT2D eigenvalue weighted by Crippen LogP contribution is -2.37. The lowest BCUT2D eigenvalue weighted by molar-refractivity contribution is -0.870. The molecule has 270 valence electrons. The molecule has 0 amide bonds. The molecule has 0 aromatic rings. The van der Waals surface area contributed by atoms with Gasteiger partial charge in [0.2, 0.25) is 0 Å². The average Bonchev–Trinajstić information content (AvgIpc) is 2.99. The molecule has 0 aliphatic rings. The highest BCUT2D eigenvalue weighted by atomic mass is 31.2. The fourth-order valence-electron chi connectivity index (χ4n) is 4.68. The van der Waals surface area contributed by atoms with Crippen LogP contribution in [0.4, 0.5) is 0 Å². The molecule has 1 unspecified atom stereocenters. The molecular weight excluding hydrogens is 605 g/mol. The van der Waals surface area contributed by atoms with Crippen molar-refractivity contribution in [1.82, 2.24) is 0 Å². The van der Waals surface area contributed by atoms with Crippen LogP contribution in [-0.2, 0) is 32.7 Å². The molecule has 0 N–H and O–H groups in total. The van der Waals surface area contributed by atoms with Gasteiger partial charge in [-0.15, -0.1) is 0 Å². The van der Waals surface area contributed by atoms with E-state index in [1.807, 2.05) is 33.3 Å². The fourth-order valence-corrected chi connectivity index (χ4v) is 5.41. The van der Waals surface area contributed by atoms with Gasteiger partial charge < -0.3 is 27.9 Å². The molecule has 2 atom stereocenters. The third-order valence-electron chi connectivity index (χ3n) is 7.58. The van der Waals surface area contributed by atoms with Crippen LogP contribution in [0.2, 0.25) is 0 Å². The van der Waals surface area contributed by atoms with Gasteiger partial charge in [-0.1, -0.05) is 135 Å². The van der Waals surface area contributed by atoms with Crippen molar-refractivity contribution < 1.29 is 42.1 Å². The van der Waals surface area contributed by atoms with Crippen LogP contribution in [0.25, 0.3) is 0 Å². The molecule has 0 bridgehead atoms.